The van der Waals surface area contributed by atoms with Crippen LogP contribution in [0.2, 0.25) is 0 Å². The van der Waals surface area contributed by atoms with Crippen LogP contribution in [0.3, 0.4) is 0 Å². The van der Waals surface area contributed by atoms with Gasteiger partial charge in [0.2, 0.25) is 0 Å². The van der Waals surface area contributed by atoms with E-state index in [4.69, 9.17) is 4.74 Å². The molecule has 3 aromatic rings. The second-order valence-electron chi connectivity index (χ2n) is 7.49. The fourth-order valence-electron chi connectivity index (χ4n) is 3.33. The largest absolute Gasteiger partial charge is 0.487 e. The van der Waals surface area contributed by atoms with Crippen molar-refractivity contribution >= 4 is 0 Å². The average molecular weight is 434 g/mol. The van der Waals surface area contributed by atoms with Crippen LogP contribution in [0.5, 0.6) is 5.75 Å². The summed E-state index contributed by atoms with van der Waals surface area (Å²) in [7, 11) is 0. The number of halogens is 5. The maximum Gasteiger partial charge on any atom is 0.166 e. The van der Waals surface area contributed by atoms with Crippen molar-refractivity contribution in [1.29, 1.82) is 0 Å². The first-order chi connectivity index (χ1) is 14.8. The van der Waals surface area contributed by atoms with Gasteiger partial charge in [0.15, 0.2) is 23.2 Å². The van der Waals surface area contributed by atoms with Crippen LogP contribution in [-0.4, -0.2) is 12.8 Å². The molecule has 1 atom stereocenters. The van der Waals surface area contributed by atoms with E-state index in [2.05, 4.69) is 0 Å². The molecular weight excluding hydrogens is 411 g/mol. The monoisotopic (exact) mass is 434 g/mol. The number of aryl methyl sites for hydroxylation is 2. The topological polar surface area (TPSA) is 9.23 Å². The van der Waals surface area contributed by atoms with Crippen LogP contribution < -0.4 is 4.74 Å². The highest BCUT2D eigenvalue weighted by molar-refractivity contribution is 5.65. The lowest BCUT2D eigenvalue weighted by Crippen LogP contribution is -2.17. The van der Waals surface area contributed by atoms with Crippen LogP contribution in [-0.2, 0) is 12.8 Å². The summed E-state index contributed by atoms with van der Waals surface area (Å²) in [6.45, 7) is 2.94. The van der Waals surface area contributed by atoms with Crippen molar-refractivity contribution in [3.8, 4) is 16.9 Å². The Labute approximate surface area is 178 Å². The lowest BCUT2D eigenvalue weighted by molar-refractivity contribution is 0.189. The van der Waals surface area contributed by atoms with Crippen LogP contribution in [0.15, 0.2) is 48.5 Å². The highest BCUT2D eigenvalue weighted by Crippen LogP contribution is 2.30. The molecule has 0 N–H and O–H groups in total. The van der Waals surface area contributed by atoms with E-state index in [1.807, 2.05) is 6.92 Å². The smallest absolute Gasteiger partial charge is 0.166 e. The Morgan fingerprint density at radius 3 is 2.32 bits per heavy atom. The molecule has 164 valence electrons. The first kappa shape index (κ1) is 22.8. The van der Waals surface area contributed by atoms with E-state index in [0.717, 1.165) is 24.5 Å². The SMILES string of the molecule is CCCc1ccc(CC(F)COc2ccc(-c3ccc(C)c(F)c3F)cc2F)c(F)c1. The molecule has 0 aromatic heterocycles. The summed E-state index contributed by atoms with van der Waals surface area (Å²) >= 11 is 0. The van der Waals surface area contributed by atoms with Crippen LogP contribution in [0.4, 0.5) is 22.0 Å². The number of hydrogen-bond donors (Lipinski definition) is 0. The van der Waals surface area contributed by atoms with Gasteiger partial charge in [-0.05, 0) is 53.8 Å². The van der Waals surface area contributed by atoms with Gasteiger partial charge in [-0.1, -0.05) is 43.7 Å². The minimum Gasteiger partial charge on any atom is -0.487 e. The lowest BCUT2D eigenvalue weighted by Gasteiger charge is -2.13. The lowest BCUT2D eigenvalue weighted by atomic mass is 10.0. The minimum atomic E-state index is -1.55. The number of hydrogen-bond acceptors (Lipinski definition) is 1. The van der Waals surface area contributed by atoms with E-state index >= 15 is 0 Å². The molecule has 3 aromatic carbocycles. The quantitative estimate of drug-likeness (QED) is 0.343. The second kappa shape index (κ2) is 9.94. The van der Waals surface area contributed by atoms with Gasteiger partial charge in [0.05, 0.1) is 0 Å². The van der Waals surface area contributed by atoms with Gasteiger partial charge in [-0.2, -0.15) is 0 Å². The van der Waals surface area contributed by atoms with Crippen molar-refractivity contribution in [2.75, 3.05) is 6.61 Å². The maximum absolute atomic E-state index is 14.4. The molecule has 3 rings (SSSR count). The summed E-state index contributed by atoms with van der Waals surface area (Å²) in [6.07, 6.45) is -0.123. The highest BCUT2D eigenvalue weighted by Gasteiger charge is 2.17. The van der Waals surface area contributed by atoms with E-state index < -0.39 is 36.0 Å². The van der Waals surface area contributed by atoms with Crippen LogP contribution in [0.1, 0.15) is 30.0 Å². The Bertz CT molecular complexity index is 1060. The predicted octanol–water partition coefficient (Wildman–Crippen LogP) is 7.13. The average Bonchev–Trinajstić information content (AvgIpc) is 2.73. The van der Waals surface area contributed by atoms with Gasteiger partial charge >= 0.3 is 0 Å². The summed E-state index contributed by atoms with van der Waals surface area (Å²) in [5.74, 6) is -3.59. The summed E-state index contributed by atoms with van der Waals surface area (Å²) in [6, 6.07) is 11.1. The molecule has 0 amide bonds. The molecule has 31 heavy (non-hydrogen) atoms. The summed E-state index contributed by atoms with van der Waals surface area (Å²) < 4.78 is 75.9. The van der Waals surface area contributed by atoms with Crippen molar-refractivity contribution in [2.45, 2.75) is 39.3 Å². The maximum atomic E-state index is 14.4. The summed E-state index contributed by atoms with van der Waals surface area (Å²) in [4.78, 5) is 0. The zero-order chi connectivity index (χ0) is 22.5. The van der Waals surface area contributed by atoms with Gasteiger partial charge in [-0.25, -0.2) is 22.0 Å². The molecule has 0 bridgehead atoms. The Morgan fingerprint density at radius 2 is 1.65 bits per heavy atom. The third kappa shape index (κ3) is 5.43. The van der Waals surface area contributed by atoms with Crippen LogP contribution in [0, 0.1) is 30.2 Å². The van der Waals surface area contributed by atoms with Crippen molar-refractivity contribution < 1.29 is 26.7 Å². The molecule has 0 saturated carbocycles. The predicted molar refractivity (Wildman–Crippen MR) is 111 cm³/mol. The molecule has 6 heteroatoms. The van der Waals surface area contributed by atoms with E-state index in [1.165, 1.54) is 37.3 Å². The van der Waals surface area contributed by atoms with E-state index in [-0.39, 0.29) is 34.4 Å². The van der Waals surface area contributed by atoms with Crippen molar-refractivity contribution in [2.24, 2.45) is 0 Å². The normalized spacial score (nSPS) is 12.1. The third-order valence-electron chi connectivity index (χ3n) is 5.04. The van der Waals surface area contributed by atoms with Gasteiger partial charge in [0.1, 0.15) is 18.6 Å². The fraction of sp³-hybridized carbons (Fsp3) is 0.280. The Balaban J connectivity index is 1.65. The molecule has 0 spiro atoms. The number of ether oxygens (including phenoxy) is 1. The molecule has 1 unspecified atom stereocenters. The minimum absolute atomic E-state index is 0.0843. The number of alkyl halides is 1. The molecule has 0 aliphatic rings. The van der Waals surface area contributed by atoms with Gasteiger partial charge in [0.25, 0.3) is 0 Å². The third-order valence-corrected chi connectivity index (χ3v) is 5.04. The summed E-state index contributed by atoms with van der Waals surface area (Å²) in [5.41, 5.74) is 1.27. The fourth-order valence-corrected chi connectivity index (χ4v) is 3.33. The first-order valence-corrected chi connectivity index (χ1v) is 10.1. The van der Waals surface area contributed by atoms with Gasteiger partial charge in [0, 0.05) is 12.0 Å². The Morgan fingerprint density at radius 1 is 0.871 bits per heavy atom. The Hall–Kier alpha value is -2.89. The molecule has 0 radical (unpaired) electrons. The van der Waals surface area contributed by atoms with E-state index in [0.29, 0.717) is 0 Å². The molecule has 0 aliphatic heterocycles. The second-order valence-corrected chi connectivity index (χ2v) is 7.49. The van der Waals surface area contributed by atoms with Gasteiger partial charge < -0.3 is 4.74 Å². The zero-order valence-corrected chi connectivity index (χ0v) is 17.3. The van der Waals surface area contributed by atoms with E-state index in [1.54, 1.807) is 12.1 Å². The highest BCUT2D eigenvalue weighted by atomic mass is 19.2. The molecule has 0 aliphatic carbocycles. The van der Waals surface area contributed by atoms with Crippen molar-refractivity contribution in [3.05, 3.63) is 88.5 Å². The number of benzene rings is 3. The molecular formula is C25H23F5O. The molecule has 0 heterocycles. The molecule has 0 saturated heterocycles. The van der Waals surface area contributed by atoms with Crippen LogP contribution >= 0.6 is 0 Å². The van der Waals surface area contributed by atoms with Crippen molar-refractivity contribution in [3.63, 3.8) is 0 Å². The first-order valence-electron chi connectivity index (χ1n) is 10.1. The van der Waals surface area contributed by atoms with Crippen molar-refractivity contribution in [1.82, 2.24) is 0 Å². The molecule has 1 nitrogen and oxygen atoms in total. The molecule has 0 fully saturated rings. The van der Waals surface area contributed by atoms with Gasteiger partial charge in [-0.3, -0.25) is 0 Å². The van der Waals surface area contributed by atoms with Crippen LogP contribution in [0.25, 0.3) is 11.1 Å². The standard InChI is InChI=1S/C25H23F5O/c1-3-4-16-6-7-18(21(27)11-16)12-19(26)14-31-23-10-8-17(13-22(23)28)20-9-5-15(2)24(29)25(20)30/h5-11,13,19H,3-4,12,14H2,1-2H3. The number of rotatable bonds is 8. The summed E-state index contributed by atoms with van der Waals surface area (Å²) in [5, 5.41) is 0. The Kier molecular flexibility index (Phi) is 7.31. The van der Waals surface area contributed by atoms with Gasteiger partial charge in [-0.15, -0.1) is 0 Å². The van der Waals surface area contributed by atoms with E-state index in [9.17, 15) is 22.0 Å². The zero-order valence-electron chi connectivity index (χ0n) is 17.3.